The fourth-order valence-corrected chi connectivity index (χ4v) is 1.30. The first-order chi connectivity index (χ1) is 8.06. The van der Waals surface area contributed by atoms with Gasteiger partial charge in [0.05, 0.1) is 12.7 Å². The minimum absolute atomic E-state index is 0.0961. The van der Waals surface area contributed by atoms with Crippen molar-refractivity contribution in [3.63, 3.8) is 0 Å². The fraction of sp³-hybridized carbons (Fsp3) is 0.273. The van der Waals surface area contributed by atoms with Crippen LogP contribution in [0.25, 0.3) is 0 Å². The van der Waals surface area contributed by atoms with Crippen LogP contribution in [0, 0.1) is 5.82 Å². The van der Waals surface area contributed by atoms with E-state index in [1.54, 1.807) is 0 Å². The van der Waals surface area contributed by atoms with Crippen molar-refractivity contribution in [2.24, 2.45) is 0 Å². The molecule has 0 saturated carbocycles. The van der Waals surface area contributed by atoms with E-state index in [-0.39, 0.29) is 12.1 Å². The van der Waals surface area contributed by atoms with Crippen molar-refractivity contribution in [2.75, 3.05) is 13.7 Å². The summed E-state index contributed by atoms with van der Waals surface area (Å²) in [7, 11) is 1.19. The van der Waals surface area contributed by atoms with Gasteiger partial charge < -0.3 is 10.1 Å². The molecule has 0 spiro atoms. The van der Waals surface area contributed by atoms with Crippen LogP contribution in [0.5, 0.6) is 0 Å². The summed E-state index contributed by atoms with van der Waals surface area (Å²) >= 11 is 5.62. The molecule has 0 fully saturated rings. The highest BCUT2D eigenvalue weighted by Gasteiger charge is 2.18. The smallest absolute Gasteiger partial charge is 0.325 e. The standard InChI is InChI=1S/C11H11ClFNO3/c1-17-11(16)8(12)6-14-10(15)7-4-2-3-5-9(7)13/h2-5,8H,6H2,1H3,(H,14,15). The van der Waals surface area contributed by atoms with Gasteiger partial charge in [0.2, 0.25) is 0 Å². The number of carbonyl (C=O) groups excluding carboxylic acids is 2. The maximum Gasteiger partial charge on any atom is 0.325 e. The maximum atomic E-state index is 13.2. The van der Waals surface area contributed by atoms with Crippen LogP contribution in [0.2, 0.25) is 0 Å². The van der Waals surface area contributed by atoms with Crippen LogP contribution in [0.3, 0.4) is 0 Å². The van der Waals surface area contributed by atoms with Crippen molar-refractivity contribution < 1.29 is 18.7 Å². The average molecular weight is 260 g/mol. The molecule has 0 saturated heterocycles. The number of nitrogens with one attached hydrogen (secondary N) is 1. The molecule has 1 aromatic rings. The third-order valence-electron chi connectivity index (χ3n) is 2.02. The van der Waals surface area contributed by atoms with Crippen LogP contribution in [-0.4, -0.2) is 30.9 Å². The zero-order valence-corrected chi connectivity index (χ0v) is 9.83. The van der Waals surface area contributed by atoms with Crippen molar-refractivity contribution in [3.05, 3.63) is 35.6 Å². The number of carbonyl (C=O) groups is 2. The largest absolute Gasteiger partial charge is 0.468 e. The monoisotopic (exact) mass is 259 g/mol. The second-order valence-electron chi connectivity index (χ2n) is 3.18. The summed E-state index contributed by atoms with van der Waals surface area (Å²) in [5, 5.41) is 1.35. The zero-order chi connectivity index (χ0) is 12.8. The van der Waals surface area contributed by atoms with Gasteiger partial charge in [0.1, 0.15) is 11.2 Å². The number of halogens is 2. The van der Waals surface area contributed by atoms with E-state index >= 15 is 0 Å². The summed E-state index contributed by atoms with van der Waals surface area (Å²) in [6.07, 6.45) is 0. The van der Waals surface area contributed by atoms with E-state index in [1.807, 2.05) is 0 Å². The van der Waals surface area contributed by atoms with Crippen molar-refractivity contribution in [3.8, 4) is 0 Å². The number of esters is 1. The van der Waals surface area contributed by atoms with Crippen molar-refractivity contribution >= 4 is 23.5 Å². The summed E-state index contributed by atoms with van der Waals surface area (Å²) < 4.78 is 17.6. The van der Waals surface area contributed by atoms with Gasteiger partial charge in [-0.15, -0.1) is 11.6 Å². The number of ether oxygens (including phenoxy) is 1. The minimum Gasteiger partial charge on any atom is -0.468 e. The Balaban J connectivity index is 2.57. The molecule has 0 aliphatic heterocycles. The molecule has 6 heteroatoms. The number of methoxy groups -OCH3 is 1. The number of hydrogen-bond donors (Lipinski definition) is 1. The normalized spacial score (nSPS) is 11.7. The van der Waals surface area contributed by atoms with E-state index in [2.05, 4.69) is 10.1 Å². The van der Waals surface area contributed by atoms with Crippen molar-refractivity contribution in [1.29, 1.82) is 0 Å². The van der Waals surface area contributed by atoms with E-state index < -0.39 is 23.1 Å². The Morgan fingerprint density at radius 1 is 1.47 bits per heavy atom. The molecule has 0 bridgehead atoms. The molecule has 17 heavy (non-hydrogen) atoms. The molecule has 0 aliphatic carbocycles. The predicted octanol–water partition coefficient (Wildman–Crippen LogP) is 1.34. The highest BCUT2D eigenvalue weighted by molar-refractivity contribution is 6.30. The third kappa shape index (κ3) is 3.71. The van der Waals surface area contributed by atoms with Gasteiger partial charge in [0, 0.05) is 6.54 Å². The molecule has 0 aliphatic rings. The summed E-state index contributed by atoms with van der Waals surface area (Å²) in [6, 6.07) is 5.53. The second kappa shape index (κ2) is 6.20. The van der Waals surface area contributed by atoms with Crippen LogP contribution >= 0.6 is 11.6 Å². The molecule has 0 heterocycles. The van der Waals surface area contributed by atoms with Gasteiger partial charge in [-0.3, -0.25) is 9.59 Å². The Morgan fingerprint density at radius 2 is 2.12 bits per heavy atom. The third-order valence-corrected chi connectivity index (χ3v) is 2.35. The first kappa shape index (κ1) is 13.4. The van der Waals surface area contributed by atoms with E-state index in [0.29, 0.717) is 0 Å². The highest BCUT2D eigenvalue weighted by atomic mass is 35.5. The lowest BCUT2D eigenvalue weighted by Gasteiger charge is -2.09. The van der Waals surface area contributed by atoms with E-state index in [1.165, 1.54) is 31.4 Å². The second-order valence-corrected chi connectivity index (χ2v) is 3.71. The Hall–Kier alpha value is -1.62. The number of hydrogen-bond acceptors (Lipinski definition) is 3. The van der Waals surface area contributed by atoms with E-state index in [9.17, 15) is 14.0 Å². The molecular formula is C11H11ClFNO3. The zero-order valence-electron chi connectivity index (χ0n) is 9.07. The predicted molar refractivity (Wildman–Crippen MR) is 60.4 cm³/mol. The summed E-state index contributed by atoms with van der Waals surface area (Å²) in [6.45, 7) is -0.124. The van der Waals surface area contributed by atoms with Gasteiger partial charge in [0.25, 0.3) is 5.91 Å². The van der Waals surface area contributed by atoms with Gasteiger partial charge in [-0.2, -0.15) is 0 Å². The Labute approximate surface area is 103 Å². The molecule has 0 radical (unpaired) electrons. The number of amides is 1. The molecule has 1 rings (SSSR count). The van der Waals surface area contributed by atoms with Crippen LogP contribution < -0.4 is 5.32 Å². The van der Waals surface area contributed by atoms with Crippen LogP contribution in [-0.2, 0) is 9.53 Å². The van der Waals surface area contributed by atoms with Gasteiger partial charge in [-0.25, -0.2) is 4.39 Å². The van der Waals surface area contributed by atoms with Crippen LogP contribution in [0.15, 0.2) is 24.3 Å². The van der Waals surface area contributed by atoms with Crippen LogP contribution in [0.1, 0.15) is 10.4 Å². The molecule has 4 nitrogen and oxygen atoms in total. The highest BCUT2D eigenvalue weighted by Crippen LogP contribution is 2.06. The van der Waals surface area contributed by atoms with Crippen LogP contribution in [0.4, 0.5) is 4.39 Å². The summed E-state index contributed by atoms with van der Waals surface area (Å²) in [4.78, 5) is 22.5. The topological polar surface area (TPSA) is 55.4 Å². The molecule has 1 amide bonds. The van der Waals surface area contributed by atoms with Gasteiger partial charge in [-0.05, 0) is 12.1 Å². The molecule has 1 N–H and O–H groups in total. The van der Waals surface area contributed by atoms with Crippen molar-refractivity contribution in [1.82, 2.24) is 5.32 Å². The van der Waals surface area contributed by atoms with Gasteiger partial charge >= 0.3 is 5.97 Å². The van der Waals surface area contributed by atoms with Crippen molar-refractivity contribution in [2.45, 2.75) is 5.38 Å². The average Bonchev–Trinajstić information content (AvgIpc) is 2.35. The Morgan fingerprint density at radius 3 is 2.71 bits per heavy atom. The lowest BCUT2D eigenvalue weighted by atomic mass is 10.2. The van der Waals surface area contributed by atoms with E-state index in [4.69, 9.17) is 11.6 Å². The first-order valence-corrected chi connectivity index (χ1v) is 5.24. The lowest BCUT2D eigenvalue weighted by molar-refractivity contribution is -0.140. The molecular weight excluding hydrogens is 249 g/mol. The van der Waals surface area contributed by atoms with E-state index in [0.717, 1.165) is 0 Å². The molecule has 1 atom stereocenters. The summed E-state index contributed by atoms with van der Waals surface area (Å²) in [5.74, 6) is -1.91. The minimum atomic E-state index is -0.990. The summed E-state index contributed by atoms with van der Waals surface area (Å²) in [5.41, 5.74) is -0.0961. The number of rotatable bonds is 4. The number of benzene rings is 1. The molecule has 0 aromatic heterocycles. The maximum absolute atomic E-state index is 13.2. The molecule has 92 valence electrons. The SMILES string of the molecule is COC(=O)C(Cl)CNC(=O)c1ccccc1F. The number of alkyl halides is 1. The first-order valence-electron chi connectivity index (χ1n) is 4.81. The Kier molecular flexibility index (Phi) is 4.90. The fourth-order valence-electron chi connectivity index (χ4n) is 1.13. The quantitative estimate of drug-likeness (QED) is 0.656. The Bertz CT molecular complexity index is 425. The van der Waals surface area contributed by atoms with Gasteiger partial charge in [0.15, 0.2) is 0 Å². The van der Waals surface area contributed by atoms with Gasteiger partial charge in [-0.1, -0.05) is 12.1 Å². The molecule has 1 aromatic carbocycles. The molecule has 1 unspecified atom stereocenters. The lowest BCUT2D eigenvalue weighted by Crippen LogP contribution is -2.34.